The third kappa shape index (κ3) is 2.79. The zero-order valence-electron chi connectivity index (χ0n) is 10.5. The molecule has 1 amide bonds. The van der Waals surface area contributed by atoms with Gasteiger partial charge in [-0.25, -0.2) is 0 Å². The van der Waals surface area contributed by atoms with Crippen LogP contribution in [-0.2, 0) is 14.3 Å². The minimum Gasteiger partial charge on any atom is -0.465 e. The molecule has 0 aromatic carbocycles. The Balaban J connectivity index is 1.99. The van der Waals surface area contributed by atoms with Crippen molar-refractivity contribution in [3.63, 3.8) is 0 Å². The van der Waals surface area contributed by atoms with Gasteiger partial charge in [0, 0.05) is 12.5 Å². The lowest BCUT2D eigenvalue weighted by atomic mass is 9.95. The van der Waals surface area contributed by atoms with Crippen LogP contribution < -0.4 is 0 Å². The molecule has 0 unspecified atom stereocenters. The van der Waals surface area contributed by atoms with Crippen LogP contribution in [0.4, 0.5) is 0 Å². The van der Waals surface area contributed by atoms with Gasteiger partial charge in [0.25, 0.3) is 0 Å². The van der Waals surface area contributed by atoms with Crippen molar-refractivity contribution in [2.75, 3.05) is 13.2 Å². The van der Waals surface area contributed by atoms with E-state index in [9.17, 15) is 9.59 Å². The molecule has 1 aliphatic heterocycles. The molecule has 1 saturated carbocycles. The Morgan fingerprint density at radius 1 is 1.35 bits per heavy atom. The molecule has 2 fully saturated rings. The Morgan fingerprint density at radius 2 is 2.12 bits per heavy atom. The minimum atomic E-state index is -0.272. The molecule has 4 heteroatoms. The molecular weight excluding hydrogens is 218 g/mol. The fourth-order valence-electron chi connectivity index (χ4n) is 3.09. The number of carbonyl (C=O) groups is 2. The van der Waals surface area contributed by atoms with Crippen molar-refractivity contribution < 1.29 is 14.3 Å². The second-order valence-electron chi connectivity index (χ2n) is 5.00. The number of esters is 1. The van der Waals surface area contributed by atoms with Gasteiger partial charge in [0.05, 0.1) is 6.61 Å². The van der Waals surface area contributed by atoms with Crippen molar-refractivity contribution in [2.24, 2.45) is 5.92 Å². The van der Waals surface area contributed by atoms with Gasteiger partial charge in [-0.15, -0.1) is 0 Å². The molecule has 17 heavy (non-hydrogen) atoms. The summed E-state index contributed by atoms with van der Waals surface area (Å²) in [5, 5.41) is 0. The number of fused-ring (bicyclic) bond motifs is 1. The highest BCUT2D eigenvalue weighted by molar-refractivity contribution is 5.84. The molecule has 1 saturated heterocycles. The van der Waals surface area contributed by atoms with E-state index in [0.717, 1.165) is 12.8 Å². The quantitative estimate of drug-likeness (QED) is 0.705. The van der Waals surface area contributed by atoms with Gasteiger partial charge in [-0.3, -0.25) is 9.59 Å². The van der Waals surface area contributed by atoms with E-state index in [0.29, 0.717) is 18.9 Å². The Morgan fingerprint density at radius 3 is 2.88 bits per heavy atom. The van der Waals surface area contributed by atoms with E-state index in [4.69, 9.17) is 4.74 Å². The molecule has 1 heterocycles. The van der Waals surface area contributed by atoms with Crippen LogP contribution in [-0.4, -0.2) is 36.0 Å². The number of rotatable bonds is 3. The van der Waals surface area contributed by atoms with Crippen LogP contribution in [0.2, 0.25) is 0 Å². The molecule has 0 N–H and O–H groups in total. The largest absolute Gasteiger partial charge is 0.465 e. The second kappa shape index (κ2) is 5.52. The van der Waals surface area contributed by atoms with E-state index >= 15 is 0 Å². The van der Waals surface area contributed by atoms with E-state index in [1.165, 1.54) is 19.3 Å². The lowest BCUT2D eigenvalue weighted by Crippen LogP contribution is -2.39. The summed E-state index contributed by atoms with van der Waals surface area (Å²) in [6, 6.07) is 0.286. The van der Waals surface area contributed by atoms with Gasteiger partial charge >= 0.3 is 5.97 Å². The first-order valence-corrected chi connectivity index (χ1v) is 6.67. The predicted molar refractivity (Wildman–Crippen MR) is 63.3 cm³/mol. The highest BCUT2D eigenvalue weighted by Gasteiger charge is 2.40. The summed E-state index contributed by atoms with van der Waals surface area (Å²) in [6.45, 7) is 2.32. The van der Waals surface area contributed by atoms with Crippen LogP contribution in [0.25, 0.3) is 0 Å². The fraction of sp³-hybridized carbons (Fsp3) is 0.846. The van der Waals surface area contributed by atoms with Crippen molar-refractivity contribution >= 4 is 11.9 Å². The maximum absolute atomic E-state index is 11.9. The fourth-order valence-corrected chi connectivity index (χ4v) is 3.09. The van der Waals surface area contributed by atoms with Gasteiger partial charge < -0.3 is 9.64 Å². The molecular formula is C13H21NO3. The first kappa shape index (κ1) is 12.4. The molecule has 0 aromatic rings. The lowest BCUT2D eigenvalue weighted by molar-refractivity contribution is -0.148. The lowest BCUT2D eigenvalue weighted by Gasteiger charge is -2.25. The summed E-state index contributed by atoms with van der Waals surface area (Å²) in [7, 11) is 0. The van der Waals surface area contributed by atoms with Crippen molar-refractivity contribution in [2.45, 2.75) is 51.5 Å². The Kier molecular flexibility index (Phi) is 4.02. The van der Waals surface area contributed by atoms with Crippen molar-refractivity contribution in [1.82, 2.24) is 4.90 Å². The maximum atomic E-state index is 11.9. The molecule has 2 aliphatic rings. The maximum Gasteiger partial charge on any atom is 0.325 e. The molecule has 2 rings (SSSR count). The number of carbonyl (C=O) groups excluding carboxylic acids is 2. The number of hydrogen-bond acceptors (Lipinski definition) is 3. The zero-order chi connectivity index (χ0) is 12.3. The molecule has 0 spiro atoms. The monoisotopic (exact) mass is 239 g/mol. The molecule has 2 atom stereocenters. The summed E-state index contributed by atoms with van der Waals surface area (Å²) >= 11 is 0. The van der Waals surface area contributed by atoms with Gasteiger partial charge in [0.1, 0.15) is 6.54 Å². The van der Waals surface area contributed by atoms with Crippen molar-refractivity contribution in [3.05, 3.63) is 0 Å². The van der Waals surface area contributed by atoms with Crippen LogP contribution in [0.1, 0.15) is 45.4 Å². The van der Waals surface area contributed by atoms with Crippen LogP contribution in [0, 0.1) is 5.92 Å². The average Bonchev–Trinajstić information content (AvgIpc) is 2.49. The van der Waals surface area contributed by atoms with E-state index in [1.807, 2.05) is 0 Å². The van der Waals surface area contributed by atoms with E-state index in [2.05, 4.69) is 0 Å². The molecule has 0 bridgehead atoms. The first-order chi connectivity index (χ1) is 8.22. The van der Waals surface area contributed by atoms with Gasteiger partial charge in [-0.2, -0.15) is 0 Å². The van der Waals surface area contributed by atoms with Gasteiger partial charge in [-0.05, 0) is 25.7 Å². The first-order valence-electron chi connectivity index (χ1n) is 6.67. The minimum absolute atomic E-state index is 0.134. The number of hydrogen-bond donors (Lipinski definition) is 0. The molecule has 4 nitrogen and oxygen atoms in total. The molecule has 1 aliphatic carbocycles. The van der Waals surface area contributed by atoms with Gasteiger partial charge in [0.2, 0.25) is 5.91 Å². The predicted octanol–water partition coefficient (Wildman–Crippen LogP) is 1.73. The second-order valence-corrected chi connectivity index (χ2v) is 5.00. The summed E-state index contributed by atoms with van der Waals surface area (Å²) < 4.78 is 4.93. The number of ether oxygens (including phenoxy) is 1. The molecule has 0 radical (unpaired) electrons. The third-order valence-electron chi connectivity index (χ3n) is 3.88. The molecule has 0 aromatic heterocycles. The summed E-state index contributed by atoms with van der Waals surface area (Å²) in [5.74, 6) is 0.333. The summed E-state index contributed by atoms with van der Waals surface area (Å²) in [6.07, 6.45) is 6.47. The summed E-state index contributed by atoms with van der Waals surface area (Å²) in [4.78, 5) is 25.2. The zero-order valence-corrected chi connectivity index (χ0v) is 10.5. The Bertz CT molecular complexity index is 303. The average molecular weight is 239 g/mol. The van der Waals surface area contributed by atoms with Crippen LogP contribution in [0.3, 0.4) is 0 Å². The van der Waals surface area contributed by atoms with Crippen molar-refractivity contribution in [1.29, 1.82) is 0 Å². The van der Waals surface area contributed by atoms with E-state index in [-0.39, 0.29) is 24.5 Å². The van der Waals surface area contributed by atoms with Crippen LogP contribution in [0.5, 0.6) is 0 Å². The Labute approximate surface area is 102 Å². The smallest absolute Gasteiger partial charge is 0.325 e. The molecule has 96 valence electrons. The topological polar surface area (TPSA) is 46.6 Å². The van der Waals surface area contributed by atoms with E-state index < -0.39 is 0 Å². The standard InChI is InChI=1S/C13H21NO3/c1-2-17-13(16)9-14-11-7-5-3-4-6-10(11)8-12(14)15/h10-11H,2-9H2,1H3/t10-,11-/m1/s1. The van der Waals surface area contributed by atoms with E-state index in [1.54, 1.807) is 11.8 Å². The van der Waals surface area contributed by atoms with Crippen LogP contribution in [0.15, 0.2) is 0 Å². The SMILES string of the molecule is CCOC(=O)CN1C(=O)C[C@H]2CCCCC[C@H]21. The summed E-state index contributed by atoms with van der Waals surface area (Å²) in [5.41, 5.74) is 0. The number of amides is 1. The normalized spacial score (nSPS) is 28.8. The third-order valence-corrected chi connectivity index (χ3v) is 3.88. The van der Waals surface area contributed by atoms with Gasteiger partial charge in [0.15, 0.2) is 0 Å². The number of likely N-dealkylation sites (tertiary alicyclic amines) is 1. The Hall–Kier alpha value is -1.06. The highest BCUT2D eigenvalue weighted by Crippen LogP contribution is 2.35. The number of nitrogens with zero attached hydrogens (tertiary/aromatic N) is 1. The highest BCUT2D eigenvalue weighted by atomic mass is 16.5. The van der Waals surface area contributed by atoms with Crippen LogP contribution >= 0.6 is 0 Å². The van der Waals surface area contributed by atoms with Gasteiger partial charge in [-0.1, -0.05) is 19.3 Å². The van der Waals surface area contributed by atoms with Crippen molar-refractivity contribution in [3.8, 4) is 0 Å².